The number of aliphatic carboxylic acids is 1. The molecule has 0 bridgehead atoms. The van der Waals surface area contributed by atoms with Crippen molar-refractivity contribution in [3.63, 3.8) is 0 Å². The maximum Gasteiger partial charge on any atom is 0.303 e. The number of hydrogen-bond acceptors (Lipinski definition) is 6. The summed E-state index contributed by atoms with van der Waals surface area (Å²) >= 11 is 4.02. The first kappa shape index (κ1) is 15.2. The molecule has 21 heavy (non-hydrogen) atoms. The molecule has 0 aliphatic carbocycles. The Labute approximate surface area is 132 Å². The van der Waals surface area contributed by atoms with Crippen LogP contribution in [0, 0.1) is 5.92 Å². The quantitative estimate of drug-likeness (QED) is 0.858. The summed E-state index contributed by atoms with van der Waals surface area (Å²) in [5.41, 5.74) is 0.901. The monoisotopic (exact) mass is 328 g/mol. The zero-order valence-corrected chi connectivity index (χ0v) is 13.4. The van der Waals surface area contributed by atoms with Crippen LogP contribution in [0.25, 0.3) is 0 Å². The second-order valence-electron chi connectivity index (χ2n) is 5.62. The summed E-state index contributed by atoms with van der Waals surface area (Å²) in [7, 11) is 0. The molecule has 0 spiro atoms. The summed E-state index contributed by atoms with van der Waals surface area (Å²) in [6, 6.07) is 0.552. The third-order valence-electron chi connectivity index (χ3n) is 4.23. The van der Waals surface area contributed by atoms with Crippen molar-refractivity contribution in [3.05, 3.63) is 11.9 Å². The third kappa shape index (κ3) is 3.73. The van der Waals surface area contributed by atoms with Gasteiger partial charge in [0.05, 0.1) is 18.3 Å². The van der Waals surface area contributed by atoms with Gasteiger partial charge in [-0.1, -0.05) is 0 Å². The van der Waals surface area contributed by atoms with Gasteiger partial charge in [-0.05, 0) is 5.92 Å². The number of rotatable bonds is 4. The van der Waals surface area contributed by atoms with Gasteiger partial charge in [-0.2, -0.15) is 38.9 Å². The Morgan fingerprint density at radius 3 is 2.76 bits per heavy atom. The minimum absolute atomic E-state index is 0.130. The van der Waals surface area contributed by atoms with E-state index in [1.54, 1.807) is 6.20 Å². The van der Waals surface area contributed by atoms with E-state index in [2.05, 4.69) is 20.3 Å². The predicted octanol–water partition coefficient (Wildman–Crippen LogP) is 1.14. The fraction of sp³-hybridized carbons (Fsp3) is 0.769. The first-order valence-corrected chi connectivity index (χ1v) is 9.52. The Bertz CT molecular complexity index is 463. The number of thioether (sulfide) groups is 2. The van der Waals surface area contributed by atoms with Gasteiger partial charge in [0.2, 0.25) is 0 Å². The Hall–Kier alpha value is -0.730. The van der Waals surface area contributed by atoms with Gasteiger partial charge in [0.25, 0.3) is 0 Å². The number of carbonyl (C=O) groups is 1. The molecule has 1 aromatic rings. The number of carboxylic acid groups (broad SMARTS) is 1. The lowest BCUT2D eigenvalue weighted by Crippen LogP contribution is -2.37. The number of hydrogen-bond donors (Lipinski definition) is 2. The number of nitrogens with one attached hydrogen (secondary N) is 1. The molecule has 2 fully saturated rings. The fourth-order valence-electron chi connectivity index (χ4n) is 3.17. The normalized spacial score (nSPS) is 28.6. The molecule has 0 unspecified atom stereocenters. The van der Waals surface area contributed by atoms with Crippen molar-refractivity contribution in [2.45, 2.75) is 18.4 Å². The Morgan fingerprint density at radius 2 is 2.14 bits per heavy atom. The van der Waals surface area contributed by atoms with Crippen LogP contribution in [0.15, 0.2) is 6.20 Å². The van der Waals surface area contributed by atoms with Crippen molar-refractivity contribution in [1.29, 1.82) is 0 Å². The molecule has 0 saturated carbocycles. The summed E-state index contributed by atoms with van der Waals surface area (Å²) < 4.78 is 0. The Balaban J connectivity index is 1.71. The van der Waals surface area contributed by atoms with Crippen LogP contribution in [0.3, 0.4) is 0 Å². The molecular weight excluding hydrogens is 308 g/mol. The van der Waals surface area contributed by atoms with E-state index < -0.39 is 5.97 Å². The Morgan fingerprint density at radius 1 is 1.38 bits per heavy atom. The number of carboxylic acids is 1. The summed E-state index contributed by atoms with van der Waals surface area (Å²) in [5.74, 6) is 4.33. The highest BCUT2D eigenvalue weighted by Crippen LogP contribution is 2.36. The molecule has 6 nitrogen and oxygen atoms in total. The molecule has 0 radical (unpaired) electrons. The molecule has 116 valence electrons. The average Bonchev–Trinajstić information content (AvgIpc) is 3.02. The molecule has 2 atom stereocenters. The van der Waals surface area contributed by atoms with E-state index in [4.69, 9.17) is 5.11 Å². The zero-order chi connectivity index (χ0) is 14.7. The van der Waals surface area contributed by atoms with Crippen LogP contribution in [0.1, 0.15) is 18.0 Å². The van der Waals surface area contributed by atoms with Gasteiger partial charge < -0.3 is 5.11 Å². The number of nitrogens with zero attached hydrogens (tertiary/aromatic N) is 3. The Kier molecular flexibility index (Phi) is 5.07. The fourth-order valence-corrected chi connectivity index (χ4v) is 5.80. The van der Waals surface area contributed by atoms with E-state index in [0.717, 1.165) is 30.3 Å². The highest BCUT2D eigenvalue weighted by molar-refractivity contribution is 8.03. The van der Waals surface area contributed by atoms with E-state index in [1.165, 1.54) is 11.5 Å². The van der Waals surface area contributed by atoms with E-state index in [0.29, 0.717) is 6.04 Å². The zero-order valence-electron chi connectivity index (χ0n) is 11.8. The summed E-state index contributed by atoms with van der Waals surface area (Å²) in [6.45, 7) is 1.76. The van der Waals surface area contributed by atoms with Crippen molar-refractivity contribution in [2.75, 3.05) is 36.1 Å². The van der Waals surface area contributed by atoms with Crippen LogP contribution >= 0.6 is 23.5 Å². The van der Waals surface area contributed by atoms with E-state index in [-0.39, 0.29) is 18.3 Å². The van der Waals surface area contributed by atoms with Crippen LogP contribution in [-0.4, -0.2) is 73.5 Å². The minimum atomic E-state index is -0.722. The highest BCUT2D eigenvalue weighted by Gasteiger charge is 2.39. The highest BCUT2D eigenvalue weighted by atomic mass is 32.2. The smallest absolute Gasteiger partial charge is 0.303 e. The second kappa shape index (κ2) is 7.02. The maximum atomic E-state index is 11.1. The molecule has 1 aromatic heterocycles. The molecular formula is C13H20N4O2S2. The van der Waals surface area contributed by atoms with Crippen molar-refractivity contribution in [2.24, 2.45) is 5.92 Å². The lowest BCUT2D eigenvalue weighted by atomic mass is 9.91. The molecule has 2 saturated heterocycles. The molecule has 0 amide bonds. The lowest BCUT2D eigenvalue weighted by Gasteiger charge is -2.26. The van der Waals surface area contributed by atoms with E-state index >= 15 is 0 Å². The summed E-state index contributed by atoms with van der Waals surface area (Å²) in [4.78, 5) is 13.6. The van der Waals surface area contributed by atoms with Gasteiger partial charge >= 0.3 is 5.97 Å². The van der Waals surface area contributed by atoms with Crippen LogP contribution < -0.4 is 0 Å². The van der Waals surface area contributed by atoms with Gasteiger partial charge in [0, 0.05) is 48.1 Å². The maximum absolute atomic E-state index is 11.1. The van der Waals surface area contributed by atoms with E-state index in [1.807, 2.05) is 23.5 Å². The van der Waals surface area contributed by atoms with Crippen LogP contribution in [0.4, 0.5) is 0 Å². The molecule has 2 N–H and O–H groups in total. The molecule has 2 aliphatic rings. The second-order valence-corrected chi connectivity index (χ2v) is 7.92. The van der Waals surface area contributed by atoms with Crippen molar-refractivity contribution >= 4 is 29.5 Å². The van der Waals surface area contributed by atoms with Crippen LogP contribution in [0.2, 0.25) is 0 Å². The number of likely N-dealkylation sites (tertiary alicyclic amines) is 1. The molecule has 0 aromatic carbocycles. The molecule has 3 rings (SSSR count). The molecule has 3 heterocycles. The van der Waals surface area contributed by atoms with Gasteiger partial charge in [-0.15, -0.1) is 0 Å². The van der Waals surface area contributed by atoms with Gasteiger partial charge in [0.15, 0.2) is 0 Å². The summed E-state index contributed by atoms with van der Waals surface area (Å²) in [6.07, 6.45) is 1.95. The first-order valence-electron chi connectivity index (χ1n) is 7.21. The topological polar surface area (TPSA) is 82.1 Å². The van der Waals surface area contributed by atoms with Crippen molar-refractivity contribution < 1.29 is 9.90 Å². The van der Waals surface area contributed by atoms with E-state index in [9.17, 15) is 4.79 Å². The number of aromatic nitrogens is 3. The molecule has 8 heteroatoms. The predicted molar refractivity (Wildman–Crippen MR) is 84.9 cm³/mol. The summed E-state index contributed by atoms with van der Waals surface area (Å²) in [5, 5.41) is 19.9. The van der Waals surface area contributed by atoms with Gasteiger partial charge in [0.1, 0.15) is 0 Å². The minimum Gasteiger partial charge on any atom is -0.481 e. The van der Waals surface area contributed by atoms with Gasteiger partial charge in [-0.3, -0.25) is 9.69 Å². The largest absolute Gasteiger partial charge is 0.481 e. The standard InChI is InChI=1S/C13H20N4O2S2/c18-13(19)3-9-5-17(10-7-20-1-2-21-8-10)6-11(9)12-4-14-16-15-12/h4,9-11H,1-3,5-8H2,(H,18,19)(H,14,15,16)/t9-,11+/m0/s1. The van der Waals surface area contributed by atoms with Crippen molar-refractivity contribution in [3.8, 4) is 0 Å². The third-order valence-corrected chi connectivity index (χ3v) is 6.71. The van der Waals surface area contributed by atoms with Gasteiger partial charge in [-0.25, -0.2) is 0 Å². The first-order chi connectivity index (χ1) is 10.2. The van der Waals surface area contributed by atoms with Crippen molar-refractivity contribution in [1.82, 2.24) is 20.3 Å². The SMILES string of the molecule is O=C(O)C[C@H]1CN(C2CSCCSC2)C[C@H]1c1cn[nH]n1. The lowest BCUT2D eigenvalue weighted by molar-refractivity contribution is -0.138. The number of aromatic amines is 1. The average molecular weight is 328 g/mol. The van der Waals surface area contributed by atoms with Crippen LogP contribution in [0.5, 0.6) is 0 Å². The number of H-pyrrole nitrogens is 1. The van der Waals surface area contributed by atoms with Crippen LogP contribution in [-0.2, 0) is 4.79 Å². The molecule has 2 aliphatic heterocycles.